The third kappa shape index (κ3) is 3.83. The van der Waals surface area contributed by atoms with Crippen molar-refractivity contribution in [1.29, 1.82) is 0 Å². The first-order valence-electron chi connectivity index (χ1n) is 10.2. The summed E-state index contributed by atoms with van der Waals surface area (Å²) < 4.78 is 34.2. The Morgan fingerprint density at radius 2 is 1.86 bits per heavy atom. The van der Waals surface area contributed by atoms with Crippen molar-refractivity contribution >= 4 is 21.7 Å². The normalized spacial score (nSPS) is 19.7. The SMILES string of the molecule is Cc1noc(C)c1S(=O)(=O)N1CCC(C(=O)Nc2ccnn2C2CCCC2)CC1. The van der Waals surface area contributed by atoms with E-state index in [1.165, 1.54) is 17.1 Å². The van der Waals surface area contributed by atoms with E-state index in [1.807, 2.05) is 10.7 Å². The molecule has 1 amide bonds. The number of aromatic nitrogens is 3. The third-order valence-electron chi connectivity index (χ3n) is 5.98. The van der Waals surface area contributed by atoms with Crippen LogP contribution in [0.4, 0.5) is 5.82 Å². The summed E-state index contributed by atoms with van der Waals surface area (Å²) in [6.07, 6.45) is 7.22. The first kappa shape index (κ1) is 20.1. The fourth-order valence-corrected chi connectivity index (χ4v) is 6.17. The van der Waals surface area contributed by atoms with Crippen LogP contribution in [0.15, 0.2) is 21.7 Å². The molecule has 10 heteroatoms. The number of rotatable bonds is 5. The van der Waals surface area contributed by atoms with E-state index in [0.29, 0.717) is 43.4 Å². The van der Waals surface area contributed by atoms with E-state index >= 15 is 0 Å². The summed E-state index contributed by atoms with van der Waals surface area (Å²) in [5, 5.41) is 11.1. The van der Waals surface area contributed by atoms with Crippen molar-refractivity contribution in [2.24, 2.45) is 5.92 Å². The van der Waals surface area contributed by atoms with E-state index in [0.717, 1.165) is 18.7 Å². The van der Waals surface area contributed by atoms with Gasteiger partial charge in [0, 0.05) is 25.1 Å². The van der Waals surface area contributed by atoms with Gasteiger partial charge >= 0.3 is 0 Å². The predicted octanol–water partition coefficient (Wildman–Crippen LogP) is 2.64. The molecule has 1 saturated heterocycles. The number of hydrogen-bond donors (Lipinski definition) is 1. The minimum atomic E-state index is -3.67. The van der Waals surface area contributed by atoms with Crippen LogP contribution in [0.2, 0.25) is 0 Å². The highest BCUT2D eigenvalue weighted by atomic mass is 32.2. The average molecular weight is 422 g/mol. The van der Waals surface area contributed by atoms with Crippen LogP contribution in [-0.2, 0) is 14.8 Å². The maximum Gasteiger partial charge on any atom is 0.248 e. The molecule has 1 N–H and O–H groups in total. The Kier molecular flexibility index (Phi) is 5.48. The zero-order chi connectivity index (χ0) is 20.6. The summed E-state index contributed by atoms with van der Waals surface area (Å²) in [6, 6.07) is 2.18. The summed E-state index contributed by atoms with van der Waals surface area (Å²) in [6.45, 7) is 3.82. The maximum atomic E-state index is 12.9. The van der Waals surface area contributed by atoms with Gasteiger partial charge in [-0.15, -0.1) is 0 Å². The van der Waals surface area contributed by atoms with Gasteiger partial charge in [-0.2, -0.15) is 9.40 Å². The molecule has 29 heavy (non-hydrogen) atoms. The Bertz CT molecular complexity index is 963. The van der Waals surface area contributed by atoms with Gasteiger partial charge in [0.2, 0.25) is 15.9 Å². The highest BCUT2D eigenvalue weighted by Gasteiger charge is 2.35. The van der Waals surface area contributed by atoms with Crippen molar-refractivity contribution in [3.05, 3.63) is 23.7 Å². The van der Waals surface area contributed by atoms with Gasteiger partial charge in [-0.05, 0) is 39.5 Å². The van der Waals surface area contributed by atoms with Gasteiger partial charge in [-0.3, -0.25) is 4.79 Å². The standard InChI is InChI=1S/C19H27N5O4S/c1-13-18(14(2)28-22-13)29(26,27)23-11-8-15(9-12-23)19(25)21-17-7-10-20-24(17)16-5-3-4-6-16/h7,10,15-16H,3-6,8-9,11-12H2,1-2H3,(H,21,25). The molecular weight excluding hydrogens is 394 g/mol. The second-order valence-electron chi connectivity index (χ2n) is 7.92. The van der Waals surface area contributed by atoms with Crippen LogP contribution in [0.3, 0.4) is 0 Å². The van der Waals surface area contributed by atoms with Gasteiger partial charge in [-0.1, -0.05) is 18.0 Å². The van der Waals surface area contributed by atoms with Gasteiger partial charge < -0.3 is 9.84 Å². The van der Waals surface area contributed by atoms with Crippen LogP contribution in [0.5, 0.6) is 0 Å². The van der Waals surface area contributed by atoms with E-state index in [4.69, 9.17) is 4.52 Å². The molecule has 0 atom stereocenters. The van der Waals surface area contributed by atoms with Gasteiger partial charge in [0.1, 0.15) is 16.4 Å². The molecule has 0 bridgehead atoms. The van der Waals surface area contributed by atoms with Gasteiger partial charge in [0.25, 0.3) is 0 Å². The van der Waals surface area contributed by atoms with Crippen LogP contribution in [0.1, 0.15) is 56.0 Å². The van der Waals surface area contributed by atoms with Crippen molar-refractivity contribution in [2.45, 2.75) is 63.3 Å². The van der Waals surface area contributed by atoms with Gasteiger partial charge in [0.15, 0.2) is 5.76 Å². The Morgan fingerprint density at radius 1 is 1.17 bits per heavy atom. The Labute approximate surface area is 170 Å². The number of amides is 1. The molecule has 2 aromatic heterocycles. The molecule has 0 unspecified atom stereocenters. The summed E-state index contributed by atoms with van der Waals surface area (Å²) in [4.78, 5) is 12.9. The zero-order valence-electron chi connectivity index (χ0n) is 16.8. The molecular formula is C19H27N5O4S. The van der Waals surface area contributed by atoms with Crippen LogP contribution < -0.4 is 5.32 Å². The van der Waals surface area contributed by atoms with Crippen molar-refractivity contribution < 1.29 is 17.7 Å². The molecule has 2 aliphatic rings. The number of nitrogens with zero attached hydrogens (tertiary/aromatic N) is 4. The van der Waals surface area contributed by atoms with E-state index in [1.54, 1.807) is 20.0 Å². The monoisotopic (exact) mass is 421 g/mol. The smallest absolute Gasteiger partial charge is 0.248 e. The number of aryl methyl sites for hydroxylation is 2. The quantitative estimate of drug-likeness (QED) is 0.795. The summed E-state index contributed by atoms with van der Waals surface area (Å²) in [7, 11) is -3.67. The lowest BCUT2D eigenvalue weighted by Crippen LogP contribution is -2.41. The molecule has 2 fully saturated rings. The molecule has 3 heterocycles. The van der Waals surface area contributed by atoms with E-state index in [2.05, 4.69) is 15.6 Å². The van der Waals surface area contributed by atoms with Crippen molar-refractivity contribution in [3.63, 3.8) is 0 Å². The number of sulfonamides is 1. The van der Waals surface area contributed by atoms with E-state index < -0.39 is 10.0 Å². The topological polar surface area (TPSA) is 110 Å². The largest absolute Gasteiger partial charge is 0.360 e. The lowest BCUT2D eigenvalue weighted by Gasteiger charge is -2.30. The Balaban J connectivity index is 1.39. The van der Waals surface area contributed by atoms with E-state index in [-0.39, 0.29) is 16.7 Å². The molecule has 1 saturated carbocycles. The van der Waals surface area contributed by atoms with Crippen LogP contribution in [0.25, 0.3) is 0 Å². The average Bonchev–Trinajstić information content (AvgIpc) is 3.43. The fraction of sp³-hybridized carbons (Fsp3) is 0.632. The van der Waals surface area contributed by atoms with Crippen molar-refractivity contribution in [1.82, 2.24) is 19.2 Å². The molecule has 9 nitrogen and oxygen atoms in total. The van der Waals surface area contributed by atoms with Crippen LogP contribution >= 0.6 is 0 Å². The van der Waals surface area contributed by atoms with Crippen LogP contribution in [-0.4, -0.2) is 46.7 Å². The Morgan fingerprint density at radius 3 is 2.48 bits per heavy atom. The lowest BCUT2D eigenvalue weighted by atomic mass is 9.97. The molecule has 2 aromatic rings. The molecule has 0 radical (unpaired) electrons. The number of nitrogens with one attached hydrogen (secondary N) is 1. The predicted molar refractivity (Wildman–Crippen MR) is 106 cm³/mol. The number of carbonyl (C=O) groups is 1. The van der Waals surface area contributed by atoms with Crippen molar-refractivity contribution in [3.8, 4) is 0 Å². The molecule has 1 aliphatic carbocycles. The van der Waals surface area contributed by atoms with Crippen molar-refractivity contribution in [2.75, 3.05) is 18.4 Å². The first-order chi connectivity index (χ1) is 13.9. The molecule has 1 aliphatic heterocycles. The summed E-state index contributed by atoms with van der Waals surface area (Å²) in [5.74, 6) is 0.729. The number of hydrogen-bond acceptors (Lipinski definition) is 6. The lowest BCUT2D eigenvalue weighted by molar-refractivity contribution is -0.121. The fourth-order valence-electron chi connectivity index (χ4n) is 4.41. The Hall–Kier alpha value is -2.20. The summed E-state index contributed by atoms with van der Waals surface area (Å²) >= 11 is 0. The second kappa shape index (κ2) is 7.91. The summed E-state index contributed by atoms with van der Waals surface area (Å²) in [5.41, 5.74) is 0.363. The maximum absolute atomic E-state index is 12.9. The second-order valence-corrected chi connectivity index (χ2v) is 9.79. The minimum Gasteiger partial charge on any atom is -0.360 e. The molecule has 4 rings (SSSR count). The van der Waals surface area contributed by atoms with E-state index in [9.17, 15) is 13.2 Å². The first-order valence-corrected chi connectivity index (χ1v) is 11.6. The number of anilines is 1. The molecule has 0 spiro atoms. The molecule has 158 valence electrons. The van der Waals surface area contributed by atoms with Gasteiger partial charge in [0.05, 0.1) is 12.2 Å². The molecule has 0 aromatic carbocycles. The number of piperidine rings is 1. The third-order valence-corrected chi connectivity index (χ3v) is 8.13. The minimum absolute atomic E-state index is 0.0702. The van der Waals surface area contributed by atoms with Gasteiger partial charge in [-0.25, -0.2) is 13.1 Å². The number of carbonyl (C=O) groups excluding carboxylic acids is 1. The zero-order valence-corrected chi connectivity index (χ0v) is 17.6. The highest BCUT2D eigenvalue weighted by Crippen LogP contribution is 2.32. The van der Waals surface area contributed by atoms with Crippen LogP contribution in [0, 0.1) is 19.8 Å². The highest BCUT2D eigenvalue weighted by molar-refractivity contribution is 7.89.